The van der Waals surface area contributed by atoms with Gasteiger partial charge in [-0.2, -0.15) is 0 Å². The van der Waals surface area contributed by atoms with Crippen molar-refractivity contribution in [3.05, 3.63) is 57.8 Å². The van der Waals surface area contributed by atoms with E-state index in [1.165, 1.54) is 18.2 Å². The van der Waals surface area contributed by atoms with Gasteiger partial charge in [0.15, 0.2) is 11.0 Å². The van der Waals surface area contributed by atoms with E-state index in [-0.39, 0.29) is 16.4 Å². The summed E-state index contributed by atoms with van der Waals surface area (Å²) in [6.45, 7) is 0. The Morgan fingerprint density at radius 3 is 2.47 bits per heavy atom. The standard InChI is InChI=1S/C12H6Cl2F2N2O/c13-10-6(5-8(16)11(14)18-10)12(19)17-9-4-2-1-3-7(9)15/h1-5H,(H,17,19). The second-order valence-electron chi connectivity index (χ2n) is 3.53. The van der Waals surface area contributed by atoms with Crippen molar-refractivity contribution in [2.24, 2.45) is 0 Å². The first kappa shape index (κ1) is 13.7. The normalized spacial score (nSPS) is 10.3. The van der Waals surface area contributed by atoms with Gasteiger partial charge >= 0.3 is 0 Å². The number of hydrogen-bond acceptors (Lipinski definition) is 2. The van der Waals surface area contributed by atoms with E-state index in [9.17, 15) is 13.6 Å². The number of anilines is 1. The molecule has 0 atom stereocenters. The van der Waals surface area contributed by atoms with Crippen LogP contribution in [0.2, 0.25) is 10.3 Å². The fourth-order valence-electron chi connectivity index (χ4n) is 1.36. The van der Waals surface area contributed by atoms with Crippen LogP contribution in [-0.2, 0) is 0 Å². The van der Waals surface area contributed by atoms with Gasteiger partial charge in [0.1, 0.15) is 11.0 Å². The topological polar surface area (TPSA) is 42.0 Å². The molecule has 0 aliphatic carbocycles. The minimum atomic E-state index is -0.884. The zero-order valence-electron chi connectivity index (χ0n) is 9.25. The Labute approximate surface area is 117 Å². The summed E-state index contributed by atoms with van der Waals surface area (Å²) in [6, 6.07) is 6.40. The van der Waals surface area contributed by atoms with Crippen molar-refractivity contribution in [1.82, 2.24) is 4.98 Å². The van der Waals surface area contributed by atoms with Gasteiger partial charge in [0.05, 0.1) is 11.3 Å². The van der Waals surface area contributed by atoms with E-state index in [0.717, 1.165) is 6.07 Å². The number of carbonyl (C=O) groups excluding carboxylic acids is 1. The molecular formula is C12H6Cl2F2N2O. The van der Waals surface area contributed by atoms with E-state index in [2.05, 4.69) is 10.3 Å². The lowest BCUT2D eigenvalue weighted by atomic mass is 10.2. The monoisotopic (exact) mass is 302 g/mol. The van der Waals surface area contributed by atoms with Gasteiger partial charge < -0.3 is 5.32 Å². The van der Waals surface area contributed by atoms with Gasteiger partial charge in [0, 0.05) is 0 Å². The van der Waals surface area contributed by atoms with Crippen molar-refractivity contribution >= 4 is 34.8 Å². The van der Waals surface area contributed by atoms with Crippen LogP contribution >= 0.6 is 23.2 Å². The molecule has 0 aliphatic rings. The SMILES string of the molecule is O=C(Nc1ccccc1F)c1cc(F)c(Cl)nc1Cl. The fraction of sp³-hybridized carbons (Fsp3) is 0. The third kappa shape index (κ3) is 3.00. The van der Waals surface area contributed by atoms with Gasteiger partial charge in [-0.1, -0.05) is 35.3 Å². The molecule has 2 aromatic rings. The van der Waals surface area contributed by atoms with Crippen molar-refractivity contribution in [3.63, 3.8) is 0 Å². The molecule has 0 fully saturated rings. The highest BCUT2D eigenvalue weighted by Gasteiger charge is 2.16. The van der Waals surface area contributed by atoms with E-state index in [0.29, 0.717) is 0 Å². The van der Waals surface area contributed by atoms with E-state index in [1.54, 1.807) is 6.07 Å². The zero-order valence-corrected chi connectivity index (χ0v) is 10.8. The highest BCUT2D eigenvalue weighted by atomic mass is 35.5. The van der Waals surface area contributed by atoms with Crippen LogP contribution in [0.1, 0.15) is 10.4 Å². The number of pyridine rings is 1. The number of nitrogens with zero attached hydrogens (tertiary/aromatic N) is 1. The average Bonchev–Trinajstić information content (AvgIpc) is 2.36. The first-order valence-electron chi connectivity index (χ1n) is 5.06. The summed E-state index contributed by atoms with van der Waals surface area (Å²) in [5.41, 5.74) is -0.272. The molecule has 98 valence electrons. The number of benzene rings is 1. The predicted molar refractivity (Wildman–Crippen MR) is 68.6 cm³/mol. The van der Waals surface area contributed by atoms with Crippen molar-refractivity contribution in [2.75, 3.05) is 5.32 Å². The number of halogens is 4. The van der Waals surface area contributed by atoms with Gasteiger partial charge in [0.25, 0.3) is 5.91 Å². The first-order valence-corrected chi connectivity index (χ1v) is 5.82. The van der Waals surface area contributed by atoms with E-state index < -0.39 is 22.7 Å². The van der Waals surface area contributed by atoms with E-state index in [4.69, 9.17) is 23.2 Å². The smallest absolute Gasteiger partial charge is 0.258 e. The van der Waals surface area contributed by atoms with Gasteiger partial charge in [-0.25, -0.2) is 13.8 Å². The van der Waals surface area contributed by atoms with Crippen molar-refractivity contribution in [3.8, 4) is 0 Å². The molecule has 1 heterocycles. The Hall–Kier alpha value is -1.72. The summed E-state index contributed by atoms with van der Waals surface area (Å²) in [5, 5.41) is 1.56. The third-order valence-corrected chi connectivity index (χ3v) is 2.81. The summed E-state index contributed by atoms with van der Waals surface area (Å²) >= 11 is 11.1. The number of hydrogen-bond donors (Lipinski definition) is 1. The summed E-state index contributed by atoms with van der Waals surface area (Å²) in [5.74, 6) is -2.28. The number of carbonyl (C=O) groups is 1. The van der Waals surface area contributed by atoms with E-state index >= 15 is 0 Å². The highest BCUT2D eigenvalue weighted by Crippen LogP contribution is 2.22. The molecule has 1 aromatic carbocycles. The highest BCUT2D eigenvalue weighted by molar-refractivity contribution is 6.35. The maximum atomic E-state index is 13.4. The molecule has 19 heavy (non-hydrogen) atoms. The molecule has 1 N–H and O–H groups in total. The molecular weight excluding hydrogens is 297 g/mol. The molecule has 1 aromatic heterocycles. The lowest BCUT2D eigenvalue weighted by Crippen LogP contribution is -2.14. The Kier molecular flexibility index (Phi) is 3.97. The minimum absolute atomic E-state index is 0.0427. The van der Waals surface area contributed by atoms with Crippen LogP contribution < -0.4 is 5.32 Å². The fourth-order valence-corrected chi connectivity index (χ4v) is 1.76. The molecule has 0 bridgehead atoms. The summed E-state index contributed by atoms with van der Waals surface area (Å²) in [4.78, 5) is 15.3. The van der Waals surface area contributed by atoms with Gasteiger partial charge in [0.2, 0.25) is 0 Å². The molecule has 2 rings (SSSR count). The number of aromatic nitrogens is 1. The van der Waals surface area contributed by atoms with Gasteiger partial charge in [-0.15, -0.1) is 0 Å². The van der Waals surface area contributed by atoms with Crippen LogP contribution in [0.15, 0.2) is 30.3 Å². The maximum absolute atomic E-state index is 13.4. The molecule has 0 aliphatic heterocycles. The van der Waals surface area contributed by atoms with Crippen LogP contribution in [-0.4, -0.2) is 10.9 Å². The van der Waals surface area contributed by atoms with Crippen molar-refractivity contribution in [1.29, 1.82) is 0 Å². The zero-order chi connectivity index (χ0) is 14.0. The predicted octanol–water partition coefficient (Wildman–Crippen LogP) is 3.92. The van der Waals surface area contributed by atoms with Gasteiger partial charge in [-0.05, 0) is 18.2 Å². The molecule has 7 heteroatoms. The molecule has 0 radical (unpaired) electrons. The lowest BCUT2D eigenvalue weighted by Gasteiger charge is -2.07. The number of para-hydroxylation sites is 1. The largest absolute Gasteiger partial charge is 0.319 e. The summed E-state index contributed by atoms with van der Waals surface area (Å²) in [7, 11) is 0. The lowest BCUT2D eigenvalue weighted by molar-refractivity contribution is 0.102. The maximum Gasteiger partial charge on any atom is 0.258 e. The number of nitrogens with one attached hydrogen (secondary N) is 1. The quantitative estimate of drug-likeness (QED) is 0.854. The van der Waals surface area contributed by atoms with Gasteiger partial charge in [-0.3, -0.25) is 4.79 Å². The van der Waals surface area contributed by atoms with Crippen LogP contribution in [0.4, 0.5) is 14.5 Å². The minimum Gasteiger partial charge on any atom is -0.319 e. The molecule has 0 spiro atoms. The number of amides is 1. The molecule has 0 unspecified atom stereocenters. The molecule has 1 amide bonds. The summed E-state index contributed by atoms with van der Waals surface area (Å²) in [6.07, 6.45) is 0. The number of rotatable bonds is 2. The Bertz CT molecular complexity index is 650. The third-order valence-electron chi connectivity index (χ3n) is 2.25. The van der Waals surface area contributed by atoms with Crippen LogP contribution in [0.5, 0.6) is 0 Å². The second kappa shape index (κ2) is 5.50. The molecule has 0 saturated carbocycles. The summed E-state index contributed by atoms with van der Waals surface area (Å²) < 4.78 is 26.6. The van der Waals surface area contributed by atoms with Crippen LogP contribution in [0.3, 0.4) is 0 Å². The first-order chi connectivity index (χ1) is 8.99. The average molecular weight is 303 g/mol. The van der Waals surface area contributed by atoms with Crippen LogP contribution in [0.25, 0.3) is 0 Å². The van der Waals surface area contributed by atoms with Crippen molar-refractivity contribution < 1.29 is 13.6 Å². The van der Waals surface area contributed by atoms with Crippen LogP contribution in [0, 0.1) is 11.6 Å². The molecule has 3 nitrogen and oxygen atoms in total. The van der Waals surface area contributed by atoms with E-state index in [1.807, 2.05) is 0 Å². The van der Waals surface area contributed by atoms with Crippen molar-refractivity contribution in [2.45, 2.75) is 0 Å². The Morgan fingerprint density at radius 2 is 1.79 bits per heavy atom. The second-order valence-corrected chi connectivity index (χ2v) is 4.25. The Morgan fingerprint density at radius 1 is 1.11 bits per heavy atom. The molecule has 0 saturated heterocycles. The Balaban J connectivity index is 2.31.